The van der Waals surface area contributed by atoms with Gasteiger partial charge in [-0.25, -0.2) is 0 Å². The van der Waals surface area contributed by atoms with Gasteiger partial charge in [-0.2, -0.15) is 0 Å². The molecule has 1 fully saturated rings. The lowest BCUT2D eigenvalue weighted by molar-refractivity contribution is 0.489. The Morgan fingerprint density at radius 2 is 1.88 bits per heavy atom. The Morgan fingerprint density at radius 1 is 1.00 bits per heavy atom. The molecular weight excluding hydrogens is 194 g/mol. The van der Waals surface area contributed by atoms with Crippen LogP contribution in [0.3, 0.4) is 0 Å². The quantitative estimate of drug-likeness (QED) is 0.649. The van der Waals surface area contributed by atoms with Crippen molar-refractivity contribution in [3.8, 4) is 0 Å². The first-order valence-corrected chi connectivity index (χ1v) is 6.08. The number of fused-ring (bicyclic) bond motifs is 3. The minimum Gasteiger partial charge on any atom is -0.316 e. The first-order chi connectivity index (χ1) is 7.95. The molecule has 0 radical (unpaired) electrons. The minimum atomic E-state index is 0.692. The van der Waals surface area contributed by atoms with Gasteiger partial charge in [0.25, 0.3) is 0 Å². The van der Waals surface area contributed by atoms with Crippen LogP contribution >= 0.6 is 0 Å². The fraction of sp³-hybridized carbons (Fsp3) is 0.333. The molecule has 1 heteroatoms. The lowest BCUT2D eigenvalue weighted by Gasteiger charge is -2.19. The van der Waals surface area contributed by atoms with Crippen LogP contribution in [-0.4, -0.2) is 13.1 Å². The van der Waals surface area contributed by atoms with E-state index in [0.29, 0.717) is 5.92 Å². The van der Waals surface area contributed by atoms with Crippen LogP contribution in [-0.2, 0) is 0 Å². The molecule has 3 rings (SSSR count). The third kappa shape index (κ3) is 1.72. The van der Waals surface area contributed by atoms with E-state index < -0.39 is 0 Å². The van der Waals surface area contributed by atoms with Gasteiger partial charge in [0.15, 0.2) is 0 Å². The zero-order valence-corrected chi connectivity index (χ0v) is 9.39. The molecule has 16 heavy (non-hydrogen) atoms. The van der Waals surface area contributed by atoms with E-state index in [1.165, 1.54) is 24.1 Å². The van der Waals surface area contributed by atoms with E-state index in [-0.39, 0.29) is 0 Å². The highest BCUT2D eigenvalue weighted by Gasteiger charge is 2.31. The van der Waals surface area contributed by atoms with Gasteiger partial charge in [-0.05, 0) is 30.0 Å². The van der Waals surface area contributed by atoms with Crippen molar-refractivity contribution in [2.24, 2.45) is 11.8 Å². The molecule has 1 aliphatic heterocycles. The monoisotopic (exact) mass is 211 g/mol. The Morgan fingerprint density at radius 3 is 2.81 bits per heavy atom. The Hall–Kier alpha value is -1.34. The summed E-state index contributed by atoms with van der Waals surface area (Å²) in [5.41, 5.74) is 2.89. The van der Waals surface area contributed by atoms with Crippen LogP contribution in [0.2, 0.25) is 0 Å². The summed E-state index contributed by atoms with van der Waals surface area (Å²) >= 11 is 0. The molecule has 1 heterocycles. The van der Waals surface area contributed by atoms with Crippen molar-refractivity contribution < 1.29 is 0 Å². The van der Waals surface area contributed by atoms with Gasteiger partial charge in [0.2, 0.25) is 0 Å². The van der Waals surface area contributed by atoms with Crippen molar-refractivity contribution in [3.05, 3.63) is 59.8 Å². The summed E-state index contributed by atoms with van der Waals surface area (Å²) in [7, 11) is 0. The summed E-state index contributed by atoms with van der Waals surface area (Å²) in [6.07, 6.45) is 18.8. The zero-order valence-electron chi connectivity index (χ0n) is 9.39. The SMILES string of the molecule is C1=CC2=C/C=C\C=C/C=C\2C2CNCC2C1. The number of hydrogen-bond donors (Lipinski definition) is 1. The lowest BCUT2D eigenvalue weighted by Crippen LogP contribution is -2.14. The van der Waals surface area contributed by atoms with Gasteiger partial charge in [-0.3, -0.25) is 0 Å². The van der Waals surface area contributed by atoms with E-state index in [0.717, 1.165) is 12.5 Å². The van der Waals surface area contributed by atoms with Gasteiger partial charge in [-0.1, -0.05) is 48.6 Å². The topological polar surface area (TPSA) is 12.0 Å². The normalized spacial score (nSPS) is 42.5. The fourth-order valence-corrected chi connectivity index (χ4v) is 2.84. The lowest BCUT2D eigenvalue weighted by atomic mass is 9.84. The predicted octanol–water partition coefficient (Wildman–Crippen LogP) is 2.76. The maximum absolute atomic E-state index is 3.52. The van der Waals surface area contributed by atoms with Gasteiger partial charge in [-0.15, -0.1) is 0 Å². The summed E-state index contributed by atoms with van der Waals surface area (Å²) in [6, 6.07) is 0. The highest BCUT2D eigenvalue weighted by molar-refractivity contribution is 5.48. The highest BCUT2D eigenvalue weighted by Crippen LogP contribution is 2.35. The average Bonchev–Trinajstić information content (AvgIpc) is 2.64. The van der Waals surface area contributed by atoms with Crippen molar-refractivity contribution in [1.29, 1.82) is 0 Å². The average molecular weight is 211 g/mol. The number of hydrogen-bond acceptors (Lipinski definition) is 1. The third-order valence-corrected chi connectivity index (χ3v) is 3.69. The smallest absolute Gasteiger partial charge is 0.00237 e. The van der Waals surface area contributed by atoms with Crippen LogP contribution in [0.1, 0.15) is 6.42 Å². The molecule has 82 valence electrons. The second kappa shape index (κ2) is 4.26. The van der Waals surface area contributed by atoms with Gasteiger partial charge >= 0.3 is 0 Å². The van der Waals surface area contributed by atoms with E-state index in [1.54, 1.807) is 0 Å². The van der Waals surface area contributed by atoms with Crippen molar-refractivity contribution >= 4 is 0 Å². The van der Waals surface area contributed by atoms with E-state index in [9.17, 15) is 0 Å². The molecule has 2 atom stereocenters. The van der Waals surface area contributed by atoms with Crippen LogP contribution < -0.4 is 5.32 Å². The Kier molecular flexibility index (Phi) is 2.63. The molecule has 0 aromatic heterocycles. The molecule has 0 aromatic rings. The van der Waals surface area contributed by atoms with Crippen LogP contribution in [0.25, 0.3) is 0 Å². The summed E-state index contributed by atoms with van der Waals surface area (Å²) in [5, 5.41) is 3.52. The Labute approximate surface area is 96.9 Å². The molecule has 0 bridgehead atoms. The van der Waals surface area contributed by atoms with Crippen molar-refractivity contribution in [2.75, 3.05) is 13.1 Å². The maximum Gasteiger partial charge on any atom is 0.00237 e. The first-order valence-electron chi connectivity index (χ1n) is 6.08. The van der Waals surface area contributed by atoms with Gasteiger partial charge < -0.3 is 5.32 Å². The summed E-state index contributed by atoms with van der Waals surface area (Å²) < 4.78 is 0. The van der Waals surface area contributed by atoms with Gasteiger partial charge in [0.1, 0.15) is 0 Å². The Balaban J connectivity index is 2.04. The molecule has 3 aliphatic rings. The van der Waals surface area contributed by atoms with E-state index in [1.807, 2.05) is 0 Å². The molecular formula is C15H17N. The second-order valence-electron chi connectivity index (χ2n) is 4.68. The summed E-state index contributed by atoms with van der Waals surface area (Å²) in [4.78, 5) is 0. The van der Waals surface area contributed by atoms with Crippen LogP contribution in [0.5, 0.6) is 0 Å². The van der Waals surface area contributed by atoms with Crippen molar-refractivity contribution in [2.45, 2.75) is 6.42 Å². The summed E-state index contributed by atoms with van der Waals surface area (Å²) in [5.74, 6) is 1.47. The summed E-state index contributed by atoms with van der Waals surface area (Å²) in [6.45, 7) is 2.30. The molecule has 1 nitrogen and oxygen atoms in total. The Bertz CT molecular complexity index is 421. The van der Waals surface area contributed by atoms with Gasteiger partial charge in [0, 0.05) is 12.5 Å². The van der Waals surface area contributed by atoms with Crippen LogP contribution in [0, 0.1) is 11.8 Å². The predicted molar refractivity (Wildman–Crippen MR) is 68.1 cm³/mol. The van der Waals surface area contributed by atoms with E-state index in [4.69, 9.17) is 0 Å². The number of rotatable bonds is 0. The molecule has 0 spiro atoms. The molecule has 0 amide bonds. The number of allylic oxidation sites excluding steroid dienone is 9. The number of nitrogens with one attached hydrogen (secondary N) is 1. The highest BCUT2D eigenvalue weighted by atomic mass is 14.9. The minimum absolute atomic E-state index is 0.692. The van der Waals surface area contributed by atoms with E-state index >= 15 is 0 Å². The zero-order chi connectivity index (χ0) is 10.8. The second-order valence-corrected chi connectivity index (χ2v) is 4.68. The molecule has 1 N–H and O–H groups in total. The van der Waals surface area contributed by atoms with Gasteiger partial charge in [0.05, 0.1) is 0 Å². The van der Waals surface area contributed by atoms with Crippen LogP contribution in [0.15, 0.2) is 59.8 Å². The maximum atomic E-state index is 3.52. The molecule has 1 saturated heterocycles. The molecule has 2 unspecified atom stereocenters. The molecule has 0 aromatic carbocycles. The standard InChI is InChI=1S/C15H17N/c1-2-4-9-14-12(6-3-1)7-5-8-13-10-16-11-15(13)14/h1-7,9,13,15-16H,8,10-11H2/b2-1?,3-1-,4-2-,6-3?,9-4?,12-6-,14-9+. The molecule has 2 aliphatic carbocycles. The largest absolute Gasteiger partial charge is 0.316 e. The first kappa shape index (κ1) is 9.86. The van der Waals surface area contributed by atoms with Crippen molar-refractivity contribution in [1.82, 2.24) is 5.32 Å². The van der Waals surface area contributed by atoms with Crippen LogP contribution in [0.4, 0.5) is 0 Å². The van der Waals surface area contributed by atoms with E-state index in [2.05, 4.69) is 53.9 Å². The third-order valence-electron chi connectivity index (χ3n) is 3.69. The van der Waals surface area contributed by atoms with Crippen molar-refractivity contribution in [3.63, 3.8) is 0 Å². The molecule has 0 saturated carbocycles. The fourth-order valence-electron chi connectivity index (χ4n) is 2.84.